The van der Waals surface area contributed by atoms with Gasteiger partial charge in [-0.05, 0) is 46.3 Å². The molecule has 1 N–H and O–H groups in total. The van der Waals surface area contributed by atoms with Gasteiger partial charge in [-0.3, -0.25) is 0 Å². The Balaban J connectivity index is 1.50. The van der Waals surface area contributed by atoms with Crippen molar-refractivity contribution in [3.63, 3.8) is 0 Å². The van der Waals surface area contributed by atoms with Crippen molar-refractivity contribution in [3.8, 4) is 5.75 Å². The van der Waals surface area contributed by atoms with Crippen LogP contribution in [0.5, 0.6) is 5.75 Å². The first-order valence-corrected chi connectivity index (χ1v) is 10.1. The molecule has 2 aromatic carbocycles. The third kappa shape index (κ3) is 6.02. The first kappa shape index (κ1) is 19.8. The zero-order valence-corrected chi connectivity index (χ0v) is 17.1. The molecule has 0 amide bonds. The molecule has 0 bridgehead atoms. The molecule has 9 heteroatoms. The molecule has 3 rings (SSSR count). The van der Waals surface area contributed by atoms with Crippen LogP contribution < -0.4 is 10.1 Å². The van der Waals surface area contributed by atoms with E-state index < -0.39 is 0 Å². The van der Waals surface area contributed by atoms with Crippen LogP contribution in [0.15, 0.2) is 52.1 Å². The topological polar surface area (TPSA) is 64.9 Å². The predicted molar refractivity (Wildman–Crippen MR) is 106 cm³/mol. The summed E-state index contributed by atoms with van der Waals surface area (Å²) >= 11 is 5.10. The summed E-state index contributed by atoms with van der Waals surface area (Å²) in [5.74, 6) is 1.41. The van der Waals surface area contributed by atoms with E-state index in [2.05, 4.69) is 36.8 Å². The van der Waals surface area contributed by atoms with Gasteiger partial charge >= 0.3 is 0 Å². The van der Waals surface area contributed by atoms with Crippen molar-refractivity contribution in [2.24, 2.45) is 7.05 Å². The quantitative estimate of drug-likeness (QED) is 0.396. The zero-order chi connectivity index (χ0) is 19.1. The number of aryl methyl sites for hydroxylation is 1. The number of tetrazole rings is 1. The molecular formula is C18H19BrFN5OS. The monoisotopic (exact) mass is 451 g/mol. The molecule has 1 aromatic heterocycles. The molecule has 3 aromatic rings. The lowest BCUT2D eigenvalue weighted by Gasteiger charge is -2.13. The van der Waals surface area contributed by atoms with Gasteiger partial charge in [0, 0.05) is 35.9 Å². The molecule has 0 fully saturated rings. The Hall–Kier alpha value is -1.97. The van der Waals surface area contributed by atoms with Crippen molar-refractivity contribution in [2.45, 2.75) is 18.3 Å². The maximum atomic E-state index is 13.0. The van der Waals surface area contributed by atoms with Gasteiger partial charge in [0.2, 0.25) is 5.16 Å². The second-order valence-electron chi connectivity index (χ2n) is 5.78. The summed E-state index contributed by atoms with van der Waals surface area (Å²) in [6.45, 7) is 1.88. The fourth-order valence-electron chi connectivity index (χ4n) is 2.35. The molecule has 27 heavy (non-hydrogen) atoms. The van der Waals surface area contributed by atoms with Gasteiger partial charge in [-0.1, -0.05) is 39.8 Å². The van der Waals surface area contributed by atoms with Gasteiger partial charge in [0.1, 0.15) is 18.2 Å². The molecule has 0 saturated heterocycles. The molecule has 0 aliphatic heterocycles. The second-order valence-corrected chi connectivity index (χ2v) is 7.76. The van der Waals surface area contributed by atoms with Crippen LogP contribution >= 0.6 is 27.7 Å². The van der Waals surface area contributed by atoms with Crippen molar-refractivity contribution in [1.82, 2.24) is 25.5 Å². The Morgan fingerprint density at radius 3 is 2.78 bits per heavy atom. The molecule has 1 heterocycles. The molecule has 0 unspecified atom stereocenters. The van der Waals surface area contributed by atoms with Crippen molar-refractivity contribution < 1.29 is 9.13 Å². The number of halogens is 2. The van der Waals surface area contributed by atoms with Crippen LogP contribution in [0.4, 0.5) is 4.39 Å². The highest BCUT2D eigenvalue weighted by Crippen LogP contribution is 2.24. The Bertz CT molecular complexity index is 874. The second kappa shape index (κ2) is 9.82. The first-order chi connectivity index (χ1) is 13.1. The lowest BCUT2D eigenvalue weighted by atomic mass is 10.2. The summed E-state index contributed by atoms with van der Waals surface area (Å²) in [7, 11) is 1.82. The summed E-state index contributed by atoms with van der Waals surface area (Å²) in [6, 6.07) is 12.2. The van der Waals surface area contributed by atoms with Gasteiger partial charge in [-0.25, -0.2) is 9.07 Å². The van der Waals surface area contributed by atoms with E-state index in [1.165, 1.54) is 12.1 Å². The number of ether oxygens (including phenoxy) is 1. The van der Waals surface area contributed by atoms with Crippen LogP contribution in [0, 0.1) is 5.82 Å². The summed E-state index contributed by atoms with van der Waals surface area (Å²) in [6.07, 6.45) is 0. The maximum absolute atomic E-state index is 13.0. The Labute approximate surface area is 169 Å². The van der Waals surface area contributed by atoms with Gasteiger partial charge < -0.3 is 10.1 Å². The van der Waals surface area contributed by atoms with Crippen molar-refractivity contribution in [3.05, 3.63) is 63.9 Å². The molecule has 0 atom stereocenters. The van der Waals surface area contributed by atoms with Crippen LogP contribution in [0.3, 0.4) is 0 Å². The van der Waals surface area contributed by atoms with Crippen LogP contribution in [-0.2, 0) is 20.2 Å². The molecule has 6 nitrogen and oxygen atoms in total. The van der Waals surface area contributed by atoms with Gasteiger partial charge in [0.25, 0.3) is 0 Å². The number of thioether (sulfide) groups is 1. The van der Waals surface area contributed by atoms with E-state index in [1.54, 1.807) is 28.6 Å². The molecule has 142 valence electrons. The van der Waals surface area contributed by atoms with E-state index in [9.17, 15) is 4.39 Å². The molecule has 0 aliphatic rings. The average Bonchev–Trinajstić information content (AvgIpc) is 3.07. The molecule has 0 saturated carbocycles. The van der Waals surface area contributed by atoms with E-state index in [4.69, 9.17) is 4.74 Å². The van der Waals surface area contributed by atoms with E-state index in [0.29, 0.717) is 13.2 Å². The van der Waals surface area contributed by atoms with Gasteiger partial charge in [0.15, 0.2) is 0 Å². The van der Waals surface area contributed by atoms with E-state index in [0.717, 1.165) is 38.8 Å². The minimum atomic E-state index is -0.248. The minimum absolute atomic E-state index is 0.248. The minimum Gasteiger partial charge on any atom is -0.489 e. The average molecular weight is 452 g/mol. The van der Waals surface area contributed by atoms with Gasteiger partial charge in [0.05, 0.1) is 0 Å². The van der Waals surface area contributed by atoms with Crippen LogP contribution in [0.1, 0.15) is 11.1 Å². The van der Waals surface area contributed by atoms with Crippen molar-refractivity contribution in [2.75, 3.05) is 12.3 Å². The predicted octanol–water partition coefficient (Wildman–Crippen LogP) is 3.57. The van der Waals surface area contributed by atoms with E-state index in [-0.39, 0.29) is 5.82 Å². The highest BCUT2D eigenvalue weighted by atomic mass is 79.9. The highest BCUT2D eigenvalue weighted by molar-refractivity contribution is 9.10. The Morgan fingerprint density at radius 1 is 1.22 bits per heavy atom. The van der Waals surface area contributed by atoms with Crippen LogP contribution in [-0.4, -0.2) is 32.5 Å². The highest BCUT2D eigenvalue weighted by Gasteiger charge is 2.07. The summed E-state index contributed by atoms with van der Waals surface area (Å²) in [5.41, 5.74) is 1.98. The van der Waals surface area contributed by atoms with Crippen molar-refractivity contribution in [1.29, 1.82) is 0 Å². The van der Waals surface area contributed by atoms with Gasteiger partial charge in [-0.15, -0.1) is 5.10 Å². The zero-order valence-electron chi connectivity index (χ0n) is 14.7. The lowest BCUT2D eigenvalue weighted by Crippen LogP contribution is -2.17. The number of benzene rings is 2. The van der Waals surface area contributed by atoms with Gasteiger partial charge in [-0.2, -0.15) is 0 Å². The van der Waals surface area contributed by atoms with E-state index >= 15 is 0 Å². The fourth-order valence-corrected chi connectivity index (χ4v) is 3.50. The first-order valence-electron chi connectivity index (χ1n) is 8.33. The molecular weight excluding hydrogens is 433 g/mol. The van der Waals surface area contributed by atoms with E-state index in [1.807, 2.05) is 25.2 Å². The number of hydrogen-bond donors (Lipinski definition) is 1. The molecule has 0 spiro atoms. The summed E-state index contributed by atoms with van der Waals surface area (Å²) in [4.78, 5) is 0. The van der Waals surface area contributed by atoms with Crippen molar-refractivity contribution >= 4 is 27.7 Å². The largest absolute Gasteiger partial charge is 0.489 e. The number of hydrogen-bond acceptors (Lipinski definition) is 6. The maximum Gasteiger partial charge on any atom is 0.209 e. The number of rotatable bonds is 9. The smallest absolute Gasteiger partial charge is 0.209 e. The third-order valence-electron chi connectivity index (χ3n) is 3.74. The Kier molecular flexibility index (Phi) is 7.19. The number of nitrogens with zero attached hydrogens (tertiary/aromatic N) is 4. The lowest BCUT2D eigenvalue weighted by molar-refractivity contribution is 0.302. The Morgan fingerprint density at radius 2 is 2.04 bits per heavy atom. The third-order valence-corrected chi connectivity index (χ3v) is 5.24. The normalized spacial score (nSPS) is 10.9. The SMILES string of the molecule is Cn1nnnc1SCCNCc1cc(Br)ccc1OCc1ccc(F)cc1. The molecule has 0 aliphatic carbocycles. The van der Waals surface area contributed by atoms with Crippen LogP contribution in [0.25, 0.3) is 0 Å². The number of aromatic nitrogens is 4. The standard InChI is InChI=1S/C18H19BrFN5OS/c1-25-18(22-23-24-25)27-9-8-21-11-14-10-15(19)4-7-17(14)26-12-13-2-5-16(20)6-3-13/h2-7,10,21H,8-9,11-12H2,1H3. The van der Waals surface area contributed by atoms with Crippen LogP contribution in [0.2, 0.25) is 0 Å². The summed E-state index contributed by atoms with van der Waals surface area (Å²) in [5, 5.41) is 15.6. The number of nitrogens with one attached hydrogen (secondary N) is 1. The fraction of sp³-hybridized carbons (Fsp3) is 0.278. The molecule has 0 radical (unpaired) electrons. The summed E-state index contributed by atoms with van der Waals surface area (Å²) < 4.78 is 21.6.